The van der Waals surface area contributed by atoms with E-state index in [0.717, 1.165) is 21.3 Å². The second-order valence-corrected chi connectivity index (χ2v) is 5.31. The molecule has 0 aliphatic carbocycles. The van der Waals surface area contributed by atoms with Crippen LogP contribution in [0.3, 0.4) is 0 Å². The summed E-state index contributed by atoms with van der Waals surface area (Å²) in [6.07, 6.45) is 1.84. The molecule has 1 atom stereocenters. The van der Waals surface area contributed by atoms with E-state index in [9.17, 15) is 0 Å². The first kappa shape index (κ1) is 14.0. The van der Waals surface area contributed by atoms with Crippen LogP contribution >= 0.6 is 15.9 Å². The Balaban J connectivity index is 2.12. The molecule has 0 saturated carbocycles. The average Bonchev–Trinajstić information content (AvgIpc) is 2.43. The molecule has 1 unspecified atom stereocenters. The van der Waals surface area contributed by atoms with Gasteiger partial charge in [0.25, 0.3) is 0 Å². The first-order valence-electron chi connectivity index (χ1n) is 6.17. The molecule has 1 aromatic carbocycles. The number of benzene rings is 1. The Kier molecular flexibility index (Phi) is 4.56. The molecule has 0 bridgehead atoms. The third-order valence-corrected chi connectivity index (χ3v) is 3.93. The smallest absolute Gasteiger partial charge is 0.219 e. The normalized spacial score (nSPS) is 12.2. The zero-order valence-electron chi connectivity index (χ0n) is 11.3. The minimum Gasteiger partial charge on any atom is -0.439 e. The molecule has 19 heavy (non-hydrogen) atoms. The van der Waals surface area contributed by atoms with Crippen LogP contribution in [0.5, 0.6) is 11.6 Å². The molecular weight excluding hydrogens is 304 g/mol. The van der Waals surface area contributed by atoms with Crippen LogP contribution in [0.25, 0.3) is 0 Å². The van der Waals surface area contributed by atoms with Gasteiger partial charge in [-0.25, -0.2) is 4.98 Å². The van der Waals surface area contributed by atoms with Crippen LogP contribution in [0.4, 0.5) is 0 Å². The van der Waals surface area contributed by atoms with Gasteiger partial charge < -0.3 is 10.1 Å². The van der Waals surface area contributed by atoms with Crippen LogP contribution in [0.1, 0.15) is 24.1 Å². The Morgan fingerprint density at radius 2 is 2.05 bits per heavy atom. The summed E-state index contributed by atoms with van der Waals surface area (Å²) in [5.74, 6) is 1.40. The highest BCUT2D eigenvalue weighted by atomic mass is 79.9. The summed E-state index contributed by atoms with van der Waals surface area (Å²) in [5, 5.41) is 3.18. The topological polar surface area (TPSA) is 34.1 Å². The van der Waals surface area contributed by atoms with Crippen LogP contribution in [0.15, 0.2) is 41.0 Å². The monoisotopic (exact) mass is 320 g/mol. The Morgan fingerprint density at radius 3 is 2.63 bits per heavy atom. The number of ether oxygens (including phenoxy) is 1. The maximum Gasteiger partial charge on any atom is 0.219 e. The number of halogens is 1. The van der Waals surface area contributed by atoms with Crippen molar-refractivity contribution in [3.8, 4) is 11.6 Å². The molecule has 0 aliphatic heterocycles. The number of hydrogen-bond donors (Lipinski definition) is 1. The van der Waals surface area contributed by atoms with E-state index >= 15 is 0 Å². The predicted octanol–water partition coefficient (Wildman–Crippen LogP) is 4.23. The highest BCUT2D eigenvalue weighted by molar-refractivity contribution is 9.10. The predicted molar refractivity (Wildman–Crippen MR) is 80.7 cm³/mol. The Hall–Kier alpha value is -1.39. The average molecular weight is 321 g/mol. The molecular formula is C15H17BrN2O. The number of aryl methyl sites for hydroxylation is 1. The van der Waals surface area contributed by atoms with Gasteiger partial charge in [0.2, 0.25) is 5.88 Å². The van der Waals surface area contributed by atoms with Gasteiger partial charge in [0.05, 0.1) is 0 Å². The molecule has 100 valence electrons. The number of nitrogens with one attached hydrogen (secondary N) is 1. The largest absolute Gasteiger partial charge is 0.439 e. The fourth-order valence-electron chi connectivity index (χ4n) is 1.68. The molecule has 1 heterocycles. The Labute approximate surface area is 122 Å². The fraction of sp³-hybridized carbons (Fsp3) is 0.267. The van der Waals surface area contributed by atoms with Crippen molar-refractivity contribution in [2.24, 2.45) is 0 Å². The zero-order chi connectivity index (χ0) is 13.8. The van der Waals surface area contributed by atoms with Crippen LogP contribution in [-0.4, -0.2) is 12.0 Å². The second kappa shape index (κ2) is 6.17. The summed E-state index contributed by atoms with van der Waals surface area (Å²) >= 11 is 3.47. The van der Waals surface area contributed by atoms with Gasteiger partial charge >= 0.3 is 0 Å². The molecule has 0 saturated heterocycles. The van der Waals surface area contributed by atoms with Gasteiger partial charge in [-0.2, -0.15) is 0 Å². The van der Waals surface area contributed by atoms with Gasteiger partial charge in [0, 0.05) is 22.8 Å². The molecule has 3 nitrogen and oxygen atoms in total. The lowest BCUT2D eigenvalue weighted by atomic mass is 10.1. The van der Waals surface area contributed by atoms with Gasteiger partial charge in [-0.3, -0.25) is 0 Å². The van der Waals surface area contributed by atoms with Gasteiger partial charge in [-0.15, -0.1) is 0 Å². The van der Waals surface area contributed by atoms with E-state index in [1.165, 1.54) is 0 Å². The van der Waals surface area contributed by atoms with Crippen molar-refractivity contribution in [1.29, 1.82) is 0 Å². The van der Waals surface area contributed by atoms with Crippen molar-refractivity contribution in [3.63, 3.8) is 0 Å². The summed E-state index contributed by atoms with van der Waals surface area (Å²) in [7, 11) is 1.93. The number of pyridine rings is 1. The fourth-order valence-corrected chi connectivity index (χ4v) is 1.92. The van der Waals surface area contributed by atoms with Crippen molar-refractivity contribution in [2.75, 3.05) is 7.05 Å². The SMILES string of the molecule is CNC(C)c1ccc(Oc2ccc(Br)c(C)c2)nc1. The van der Waals surface area contributed by atoms with E-state index in [-0.39, 0.29) is 6.04 Å². The number of rotatable bonds is 4. The van der Waals surface area contributed by atoms with E-state index < -0.39 is 0 Å². The number of nitrogens with zero attached hydrogens (tertiary/aromatic N) is 1. The van der Waals surface area contributed by atoms with E-state index in [2.05, 4.69) is 33.2 Å². The quantitative estimate of drug-likeness (QED) is 0.915. The summed E-state index contributed by atoms with van der Waals surface area (Å²) in [4.78, 5) is 4.32. The number of hydrogen-bond acceptors (Lipinski definition) is 3. The van der Waals surface area contributed by atoms with E-state index in [0.29, 0.717) is 5.88 Å². The molecule has 1 N–H and O–H groups in total. The zero-order valence-corrected chi connectivity index (χ0v) is 12.9. The standard InChI is InChI=1S/C15H17BrN2O/c1-10-8-13(5-6-14(10)16)19-15-7-4-12(9-18-15)11(2)17-3/h4-9,11,17H,1-3H3. The molecule has 2 aromatic rings. The molecule has 0 aliphatic rings. The van der Waals surface area contributed by atoms with Crippen molar-refractivity contribution < 1.29 is 4.74 Å². The first-order valence-corrected chi connectivity index (χ1v) is 6.96. The van der Waals surface area contributed by atoms with Crippen LogP contribution < -0.4 is 10.1 Å². The molecule has 1 aromatic heterocycles. The molecule has 0 radical (unpaired) electrons. The lowest BCUT2D eigenvalue weighted by Gasteiger charge is -2.11. The van der Waals surface area contributed by atoms with Gasteiger partial charge in [-0.1, -0.05) is 22.0 Å². The van der Waals surface area contributed by atoms with Crippen molar-refractivity contribution in [3.05, 3.63) is 52.1 Å². The maximum absolute atomic E-state index is 5.73. The molecule has 4 heteroatoms. The minimum atomic E-state index is 0.288. The van der Waals surface area contributed by atoms with Crippen LogP contribution in [0.2, 0.25) is 0 Å². The Morgan fingerprint density at radius 1 is 1.26 bits per heavy atom. The summed E-state index contributed by atoms with van der Waals surface area (Å²) in [6, 6.07) is 10.1. The third kappa shape index (κ3) is 3.55. The lowest BCUT2D eigenvalue weighted by Crippen LogP contribution is -2.12. The van der Waals surface area contributed by atoms with Crippen LogP contribution in [-0.2, 0) is 0 Å². The lowest BCUT2D eigenvalue weighted by molar-refractivity contribution is 0.461. The van der Waals surface area contributed by atoms with Gasteiger partial charge in [0.1, 0.15) is 5.75 Å². The van der Waals surface area contributed by atoms with Crippen LogP contribution in [0, 0.1) is 6.92 Å². The maximum atomic E-state index is 5.73. The molecule has 0 spiro atoms. The third-order valence-electron chi connectivity index (χ3n) is 3.04. The second-order valence-electron chi connectivity index (χ2n) is 4.45. The minimum absolute atomic E-state index is 0.288. The Bertz CT molecular complexity index is 555. The van der Waals surface area contributed by atoms with Crippen molar-refractivity contribution in [2.45, 2.75) is 19.9 Å². The highest BCUT2D eigenvalue weighted by Crippen LogP contribution is 2.25. The van der Waals surface area contributed by atoms with Gasteiger partial charge in [0.15, 0.2) is 0 Å². The summed E-state index contributed by atoms with van der Waals surface area (Å²) in [6.45, 7) is 4.12. The molecule has 0 amide bonds. The molecule has 2 rings (SSSR count). The summed E-state index contributed by atoms with van der Waals surface area (Å²) in [5.41, 5.74) is 2.28. The number of aromatic nitrogens is 1. The molecule has 0 fully saturated rings. The van der Waals surface area contributed by atoms with E-state index in [1.54, 1.807) is 0 Å². The van der Waals surface area contributed by atoms with Crippen molar-refractivity contribution in [1.82, 2.24) is 10.3 Å². The van der Waals surface area contributed by atoms with Crippen molar-refractivity contribution >= 4 is 15.9 Å². The first-order chi connectivity index (χ1) is 9.10. The van der Waals surface area contributed by atoms with E-state index in [4.69, 9.17) is 4.74 Å². The van der Waals surface area contributed by atoms with Gasteiger partial charge in [-0.05, 0) is 50.2 Å². The summed E-state index contributed by atoms with van der Waals surface area (Å²) < 4.78 is 6.81. The van der Waals surface area contributed by atoms with E-state index in [1.807, 2.05) is 50.5 Å². The highest BCUT2D eigenvalue weighted by Gasteiger charge is 2.05.